The van der Waals surface area contributed by atoms with Gasteiger partial charge in [-0.15, -0.1) is 10.2 Å². The summed E-state index contributed by atoms with van der Waals surface area (Å²) in [5.74, 6) is -0.627. The van der Waals surface area contributed by atoms with E-state index >= 15 is 0 Å². The molecule has 1 aliphatic heterocycles. The highest BCUT2D eigenvalue weighted by Gasteiger charge is 2.29. The van der Waals surface area contributed by atoms with Crippen LogP contribution in [-0.4, -0.2) is 47.2 Å². The predicted octanol–water partition coefficient (Wildman–Crippen LogP) is 3.07. The largest absolute Gasteiger partial charge is 0.433 e. The number of amides is 1. The molecule has 0 fully saturated rings. The fourth-order valence-electron chi connectivity index (χ4n) is 4.58. The molecule has 1 N–H and O–H groups in total. The van der Waals surface area contributed by atoms with Crippen molar-refractivity contribution in [3.8, 4) is 11.6 Å². The monoisotopic (exact) mass is 515 g/mol. The molecule has 6 rings (SSSR count). The number of carbonyl (C=O) groups is 1. The maximum absolute atomic E-state index is 14.8. The Balaban J connectivity index is 1.24. The second-order valence-electron chi connectivity index (χ2n) is 8.75. The summed E-state index contributed by atoms with van der Waals surface area (Å²) in [6.07, 6.45) is 0.283. The third-order valence-electron chi connectivity index (χ3n) is 6.44. The number of nitro groups is 1. The number of nitrogens with one attached hydrogen (secondary N) is 1. The van der Waals surface area contributed by atoms with Crippen LogP contribution in [-0.2, 0) is 19.5 Å². The van der Waals surface area contributed by atoms with E-state index in [4.69, 9.17) is 4.42 Å². The van der Waals surface area contributed by atoms with Crippen molar-refractivity contribution < 1.29 is 18.5 Å². The molecule has 4 heterocycles. The molecule has 0 saturated carbocycles. The smallest absolute Gasteiger partial charge is 0.397 e. The number of hydrogen-bond acceptors (Lipinski definition) is 8. The van der Waals surface area contributed by atoms with Crippen molar-refractivity contribution in [2.24, 2.45) is 0 Å². The summed E-state index contributed by atoms with van der Waals surface area (Å²) >= 11 is 0. The lowest BCUT2D eigenvalue weighted by atomic mass is 10.0. The number of aromatic amines is 1. The van der Waals surface area contributed by atoms with Crippen LogP contribution in [0.2, 0.25) is 0 Å². The van der Waals surface area contributed by atoms with E-state index in [2.05, 4.69) is 20.4 Å². The van der Waals surface area contributed by atoms with Crippen LogP contribution < -0.4 is 5.56 Å². The molecule has 0 saturated heterocycles. The zero-order chi connectivity index (χ0) is 26.4. The van der Waals surface area contributed by atoms with E-state index in [1.807, 2.05) is 0 Å². The highest BCUT2D eigenvalue weighted by atomic mass is 19.1. The number of nitrogens with zero attached hydrogens (tertiary/aromatic N) is 6. The van der Waals surface area contributed by atoms with Gasteiger partial charge in [-0.05, 0) is 29.8 Å². The molecule has 0 radical (unpaired) electrons. The molecule has 0 aliphatic carbocycles. The normalized spacial score (nSPS) is 13.0. The first-order chi connectivity index (χ1) is 18.4. The predicted molar refractivity (Wildman–Crippen MR) is 131 cm³/mol. The third-order valence-corrected chi connectivity index (χ3v) is 6.44. The molecule has 0 atom stereocenters. The van der Waals surface area contributed by atoms with Gasteiger partial charge in [-0.3, -0.25) is 19.7 Å². The number of carbonyl (C=O) groups excluding carboxylic acids is 1. The average molecular weight is 515 g/mol. The number of furan rings is 1. The zero-order valence-electron chi connectivity index (χ0n) is 19.6. The minimum absolute atomic E-state index is 0.0738. The summed E-state index contributed by atoms with van der Waals surface area (Å²) < 4.78 is 21.7. The van der Waals surface area contributed by atoms with E-state index < -0.39 is 22.5 Å². The first-order valence-electron chi connectivity index (χ1n) is 11.6. The summed E-state index contributed by atoms with van der Waals surface area (Å²) in [5, 5.41) is 26.9. The molecule has 0 bridgehead atoms. The van der Waals surface area contributed by atoms with Crippen molar-refractivity contribution in [1.82, 2.24) is 29.9 Å². The molecule has 12 nitrogen and oxygen atoms in total. The van der Waals surface area contributed by atoms with E-state index in [0.717, 1.165) is 0 Å². The van der Waals surface area contributed by atoms with Crippen LogP contribution in [0.15, 0.2) is 63.8 Å². The minimum Gasteiger partial charge on any atom is -0.397 e. The summed E-state index contributed by atoms with van der Waals surface area (Å²) in [7, 11) is 0. The van der Waals surface area contributed by atoms with Crippen molar-refractivity contribution >= 4 is 22.6 Å². The maximum Gasteiger partial charge on any atom is 0.433 e. The van der Waals surface area contributed by atoms with Gasteiger partial charge in [-0.1, -0.05) is 24.3 Å². The van der Waals surface area contributed by atoms with Gasteiger partial charge in [0.1, 0.15) is 10.7 Å². The zero-order valence-corrected chi connectivity index (χ0v) is 19.6. The van der Waals surface area contributed by atoms with Gasteiger partial charge in [0.2, 0.25) is 0 Å². The Hall–Kier alpha value is -5.20. The van der Waals surface area contributed by atoms with Gasteiger partial charge in [-0.25, -0.2) is 9.49 Å². The third kappa shape index (κ3) is 3.99. The summed E-state index contributed by atoms with van der Waals surface area (Å²) in [4.78, 5) is 37.2. The lowest BCUT2D eigenvalue weighted by Gasteiger charge is -2.28. The highest BCUT2D eigenvalue weighted by Crippen LogP contribution is 2.27. The molecule has 1 aliphatic rings. The van der Waals surface area contributed by atoms with Gasteiger partial charge >= 0.3 is 5.88 Å². The van der Waals surface area contributed by atoms with Crippen molar-refractivity contribution in [1.29, 1.82) is 0 Å². The van der Waals surface area contributed by atoms with Crippen molar-refractivity contribution in [3.63, 3.8) is 0 Å². The van der Waals surface area contributed by atoms with Crippen LogP contribution in [0.1, 0.15) is 27.4 Å². The van der Waals surface area contributed by atoms with Crippen molar-refractivity contribution in [3.05, 3.63) is 104 Å². The molecular formula is C25H18FN7O5. The van der Waals surface area contributed by atoms with E-state index in [1.165, 1.54) is 29.2 Å². The van der Waals surface area contributed by atoms with E-state index in [0.29, 0.717) is 40.2 Å². The van der Waals surface area contributed by atoms with Gasteiger partial charge in [0.05, 0.1) is 29.3 Å². The molecule has 0 spiro atoms. The number of aromatic nitrogens is 5. The average Bonchev–Trinajstić information content (AvgIpc) is 3.58. The summed E-state index contributed by atoms with van der Waals surface area (Å²) in [5.41, 5.74) is 0.861. The Labute approximate surface area is 212 Å². The van der Waals surface area contributed by atoms with Crippen LogP contribution >= 0.6 is 0 Å². The summed E-state index contributed by atoms with van der Waals surface area (Å²) in [6, 6.07) is 14.0. The Morgan fingerprint density at radius 1 is 1.11 bits per heavy atom. The Morgan fingerprint density at radius 3 is 2.71 bits per heavy atom. The van der Waals surface area contributed by atoms with Crippen LogP contribution in [0.25, 0.3) is 22.4 Å². The van der Waals surface area contributed by atoms with Gasteiger partial charge in [0.15, 0.2) is 17.4 Å². The molecule has 38 heavy (non-hydrogen) atoms. The Morgan fingerprint density at radius 2 is 1.92 bits per heavy atom. The van der Waals surface area contributed by atoms with E-state index in [9.17, 15) is 24.1 Å². The minimum atomic E-state index is -0.659. The maximum atomic E-state index is 14.8. The standard InChI is InChI=1S/C25H18FN7O5/c26-18-6-5-14(12-19-15-3-1-2-4-16(15)24(34)30-27-19)11-17(18)25(35)31-9-10-32-21(13-31)28-29-23(32)20-7-8-22(38-20)33(36)37/h1-8,11H,9-10,12-13H2,(H,30,34). The van der Waals surface area contributed by atoms with Crippen LogP contribution in [0.3, 0.4) is 0 Å². The second-order valence-corrected chi connectivity index (χ2v) is 8.75. The Kier molecular flexibility index (Phi) is 5.52. The molecule has 2 aromatic carbocycles. The first-order valence-corrected chi connectivity index (χ1v) is 11.6. The SMILES string of the molecule is O=C(c1cc(Cc2n[nH]c(=O)c3ccccc23)ccc1F)N1CCn2c(nnc2-c2ccc([N+](=O)[O-])o2)C1. The van der Waals surface area contributed by atoms with Gasteiger partial charge < -0.3 is 13.9 Å². The van der Waals surface area contributed by atoms with Crippen LogP contribution in [0.5, 0.6) is 0 Å². The lowest BCUT2D eigenvalue weighted by Crippen LogP contribution is -2.39. The van der Waals surface area contributed by atoms with Crippen molar-refractivity contribution in [2.75, 3.05) is 6.54 Å². The van der Waals surface area contributed by atoms with Gasteiger partial charge in [-0.2, -0.15) is 5.10 Å². The number of H-pyrrole nitrogens is 1. The Bertz CT molecular complexity index is 1790. The van der Waals surface area contributed by atoms with E-state index in [-0.39, 0.29) is 36.4 Å². The fourth-order valence-corrected chi connectivity index (χ4v) is 4.58. The molecular weight excluding hydrogens is 497 g/mol. The molecule has 3 aromatic heterocycles. The van der Waals surface area contributed by atoms with Crippen LogP contribution in [0.4, 0.5) is 10.3 Å². The quantitative estimate of drug-likeness (QED) is 0.277. The first kappa shape index (κ1) is 23.2. The van der Waals surface area contributed by atoms with Crippen LogP contribution in [0, 0.1) is 15.9 Å². The van der Waals surface area contributed by atoms with Crippen molar-refractivity contribution in [2.45, 2.75) is 19.5 Å². The second kappa shape index (κ2) is 9.03. The molecule has 1 amide bonds. The lowest BCUT2D eigenvalue weighted by molar-refractivity contribution is -0.401. The molecule has 190 valence electrons. The molecule has 5 aromatic rings. The number of halogens is 1. The number of fused-ring (bicyclic) bond motifs is 2. The number of benzene rings is 2. The summed E-state index contributed by atoms with van der Waals surface area (Å²) in [6.45, 7) is 0.617. The number of hydrogen-bond donors (Lipinski definition) is 1. The molecule has 0 unspecified atom stereocenters. The fraction of sp³-hybridized carbons (Fsp3) is 0.160. The topological polar surface area (TPSA) is 153 Å². The van der Waals surface area contributed by atoms with Gasteiger partial charge in [0.25, 0.3) is 11.5 Å². The van der Waals surface area contributed by atoms with E-state index in [1.54, 1.807) is 34.9 Å². The highest BCUT2D eigenvalue weighted by molar-refractivity contribution is 5.94. The molecule has 13 heteroatoms. The number of rotatable bonds is 5. The van der Waals surface area contributed by atoms with Gasteiger partial charge in [0, 0.05) is 24.9 Å².